The summed E-state index contributed by atoms with van der Waals surface area (Å²) in [6.07, 6.45) is 3.91. The number of esters is 1. The van der Waals surface area contributed by atoms with E-state index in [9.17, 15) is 22.4 Å². The lowest BCUT2D eigenvalue weighted by Crippen LogP contribution is -2.40. The van der Waals surface area contributed by atoms with Crippen molar-refractivity contribution >= 4 is 21.9 Å². The molecule has 0 unspecified atom stereocenters. The number of hydrogen-bond donors (Lipinski definition) is 0. The molecule has 1 aromatic rings. The van der Waals surface area contributed by atoms with Gasteiger partial charge in [-0.05, 0) is 31.0 Å². The molecule has 2 fully saturated rings. The number of nitrogens with zero attached hydrogens (tertiary/aromatic N) is 2. The molecule has 1 amide bonds. The van der Waals surface area contributed by atoms with Crippen LogP contribution in [0.4, 0.5) is 4.39 Å². The summed E-state index contributed by atoms with van der Waals surface area (Å²) >= 11 is 0. The maximum absolute atomic E-state index is 14.2. The number of sulfonamides is 1. The molecule has 10 heteroatoms. The predicted octanol–water partition coefficient (Wildman–Crippen LogP) is 1.41. The van der Waals surface area contributed by atoms with Gasteiger partial charge in [-0.15, -0.1) is 0 Å². The third kappa shape index (κ3) is 5.31. The Hall–Kier alpha value is -2.04. The molecule has 0 bridgehead atoms. The SMILES string of the molecule is O=C(OCC(=O)N1CCCCCC1)c1cc(S(=O)(=O)N2CCOCC2)ccc1F. The third-order valence-corrected chi connectivity index (χ3v) is 6.95. The monoisotopic (exact) mass is 428 g/mol. The van der Waals surface area contributed by atoms with Crippen LogP contribution in [0.2, 0.25) is 0 Å². The van der Waals surface area contributed by atoms with Crippen molar-refractivity contribution in [3.8, 4) is 0 Å². The van der Waals surface area contributed by atoms with E-state index in [-0.39, 0.29) is 37.1 Å². The molecule has 0 spiro atoms. The first-order valence-electron chi connectivity index (χ1n) is 9.72. The molecule has 1 aromatic carbocycles. The summed E-state index contributed by atoms with van der Waals surface area (Å²) in [5, 5.41) is 0. The lowest BCUT2D eigenvalue weighted by Gasteiger charge is -2.26. The summed E-state index contributed by atoms with van der Waals surface area (Å²) in [4.78, 5) is 26.0. The van der Waals surface area contributed by atoms with Crippen LogP contribution >= 0.6 is 0 Å². The average molecular weight is 428 g/mol. The van der Waals surface area contributed by atoms with Crippen molar-refractivity contribution in [2.75, 3.05) is 46.0 Å². The summed E-state index contributed by atoms with van der Waals surface area (Å²) in [5.74, 6) is -2.31. The second kappa shape index (κ2) is 9.64. The Morgan fingerprint density at radius 3 is 2.34 bits per heavy atom. The van der Waals surface area contributed by atoms with Crippen LogP contribution in [-0.4, -0.2) is 75.5 Å². The maximum atomic E-state index is 14.2. The summed E-state index contributed by atoms with van der Waals surface area (Å²) in [7, 11) is -3.88. The van der Waals surface area contributed by atoms with E-state index in [1.165, 1.54) is 4.31 Å². The minimum Gasteiger partial charge on any atom is -0.452 e. The first kappa shape index (κ1) is 21.7. The molecule has 3 rings (SSSR count). The molecule has 2 heterocycles. The minimum atomic E-state index is -3.88. The van der Waals surface area contributed by atoms with Crippen molar-refractivity contribution in [2.24, 2.45) is 0 Å². The third-order valence-electron chi connectivity index (χ3n) is 5.05. The van der Waals surface area contributed by atoms with Gasteiger partial charge >= 0.3 is 5.97 Å². The molecule has 0 N–H and O–H groups in total. The fourth-order valence-corrected chi connectivity index (χ4v) is 4.81. The average Bonchev–Trinajstić information content (AvgIpc) is 3.02. The number of carbonyl (C=O) groups excluding carboxylic acids is 2. The number of benzene rings is 1. The van der Waals surface area contributed by atoms with E-state index >= 15 is 0 Å². The molecular formula is C19H25FN2O6S. The molecule has 0 radical (unpaired) electrons. The fourth-order valence-electron chi connectivity index (χ4n) is 3.37. The highest BCUT2D eigenvalue weighted by Gasteiger charge is 2.28. The van der Waals surface area contributed by atoms with Crippen molar-refractivity contribution in [1.29, 1.82) is 0 Å². The zero-order valence-electron chi connectivity index (χ0n) is 16.1. The van der Waals surface area contributed by atoms with Crippen LogP contribution in [0.25, 0.3) is 0 Å². The predicted molar refractivity (Wildman–Crippen MR) is 101 cm³/mol. The second-order valence-electron chi connectivity index (χ2n) is 7.03. The zero-order chi connectivity index (χ0) is 20.9. The van der Waals surface area contributed by atoms with Gasteiger partial charge < -0.3 is 14.4 Å². The van der Waals surface area contributed by atoms with Crippen molar-refractivity contribution in [1.82, 2.24) is 9.21 Å². The lowest BCUT2D eigenvalue weighted by molar-refractivity contribution is -0.134. The highest BCUT2D eigenvalue weighted by atomic mass is 32.2. The Morgan fingerprint density at radius 1 is 1.03 bits per heavy atom. The first-order valence-corrected chi connectivity index (χ1v) is 11.2. The number of hydrogen-bond acceptors (Lipinski definition) is 6. The van der Waals surface area contributed by atoms with Crippen molar-refractivity contribution in [3.63, 3.8) is 0 Å². The molecule has 8 nitrogen and oxygen atoms in total. The van der Waals surface area contributed by atoms with E-state index in [0.717, 1.165) is 43.9 Å². The molecule has 29 heavy (non-hydrogen) atoms. The van der Waals surface area contributed by atoms with Gasteiger partial charge in [-0.1, -0.05) is 12.8 Å². The highest BCUT2D eigenvalue weighted by Crippen LogP contribution is 2.21. The summed E-state index contributed by atoms with van der Waals surface area (Å²) in [6.45, 7) is 1.63. The van der Waals surface area contributed by atoms with Crippen molar-refractivity contribution < 1.29 is 31.9 Å². The van der Waals surface area contributed by atoms with Crippen LogP contribution in [0, 0.1) is 5.82 Å². The van der Waals surface area contributed by atoms with Crippen LogP contribution in [0.3, 0.4) is 0 Å². The molecule has 0 aliphatic carbocycles. The molecule has 2 saturated heterocycles. The van der Waals surface area contributed by atoms with Gasteiger partial charge in [0.25, 0.3) is 5.91 Å². The number of likely N-dealkylation sites (tertiary alicyclic amines) is 1. The van der Waals surface area contributed by atoms with Crippen molar-refractivity contribution in [3.05, 3.63) is 29.6 Å². The van der Waals surface area contributed by atoms with E-state index < -0.39 is 34.0 Å². The summed E-state index contributed by atoms with van der Waals surface area (Å²) < 4.78 is 50.9. The molecule has 2 aliphatic heterocycles. The molecular weight excluding hydrogens is 403 g/mol. The highest BCUT2D eigenvalue weighted by molar-refractivity contribution is 7.89. The summed E-state index contributed by atoms with van der Waals surface area (Å²) in [6, 6.07) is 2.98. The van der Waals surface area contributed by atoms with Gasteiger partial charge in [0.15, 0.2) is 6.61 Å². The lowest BCUT2D eigenvalue weighted by atomic mass is 10.2. The normalized spacial score (nSPS) is 18.9. The Bertz CT molecular complexity index is 846. The Balaban J connectivity index is 1.68. The van der Waals surface area contributed by atoms with Gasteiger partial charge in [0, 0.05) is 26.2 Å². The number of morpholine rings is 1. The molecule has 0 atom stereocenters. The Kier molecular flexibility index (Phi) is 7.20. The van der Waals surface area contributed by atoms with Crippen LogP contribution in [0.5, 0.6) is 0 Å². The quantitative estimate of drug-likeness (QED) is 0.659. The molecule has 160 valence electrons. The fraction of sp³-hybridized carbons (Fsp3) is 0.579. The number of halogens is 1. The number of amides is 1. The zero-order valence-corrected chi connectivity index (χ0v) is 17.0. The number of carbonyl (C=O) groups is 2. The number of rotatable bonds is 5. The standard InChI is InChI=1S/C19H25FN2O6S/c20-17-6-5-15(29(25,26)22-9-11-27-12-10-22)13-16(17)19(24)28-14-18(23)21-7-3-1-2-4-8-21/h5-6,13H,1-4,7-12,14H2. The van der Waals surface area contributed by atoms with Gasteiger partial charge in [0.05, 0.1) is 23.7 Å². The van der Waals surface area contributed by atoms with Crippen LogP contribution in [0.1, 0.15) is 36.0 Å². The smallest absolute Gasteiger partial charge is 0.341 e. The second-order valence-corrected chi connectivity index (χ2v) is 8.97. The molecule has 0 aromatic heterocycles. The van der Waals surface area contributed by atoms with Gasteiger partial charge in [0.2, 0.25) is 10.0 Å². The Labute approximate surface area is 169 Å². The molecule has 0 saturated carbocycles. The van der Waals surface area contributed by atoms with Crippen LogP contribution in [-0.2, 0) is 24.3 Å². The largest absolute Gasteiger partial charge is 0.452 e. The summed E-state index contributed by atoms with van der Waals surface area (Å²) in [5.41, 5.74) is -0.511. The van der Waals surface area contributed by atoms with Gasteiger partial charge in [0.1, 0.15) is 5.82 Å². The van der Waals surface area contributed by atoms with Gasteiger partial charge in [-0.2, -0.15) is 4.31 Å². The topological polar surface area (TPSA) is 93.2 Å². The van der Waals surface area contributed by atoms with Crippen LogP contribution in [0.15, 0.2) is 23.1 Å². The van der Waals surface area contributed by atoms with Crippen molar-refractivity contribution in [2.45, 2.75) is 30.6 Å². The van der Waals surface area contributed by atoms with Gasteiger partial charge in [-0.25, -0.2) is 17.6 Å². The maximum Gasteiger partial charge on any atom is 0.341 e. The number of ether oxygens (including phenoxy) is 2. The van der Waals surface area contributed by atoms with E-state index in [1.54, 1.807) is 4.90 Å². The van der Waals surface area contributed by atoms with Crippen LogP contribution < -0.4 is 0 Å². The Morgan fingerprint density at radius 2 is 1.69 bits per heavy atom. The van der Waals surface area contributed by atoms with E-state index in [4.69, 9.17) is 9.47 Å². The first-order chi connectivity index (χ1) is 13.9. The molecule has 2 aliphatic rings. The van der Waals surface area contributed by atoms with E-state index in [2.05, 4.69) is 0 Å². The minimum absolute atomic E-state index is 0.184. The van der Waals surface area contributed by atoms with Gasteiger partial charge in [-0.3, -0.25) is 4.79 Å². The van der Waals surface area contributed by atoms with E-state index in [0.29, 0.717) is 13.1 Å². The van der Waals surface area contributed by atoms with E-state index in [1.807, 2.05) is 0 Å².